The molecule has 4 heteroatoms. The van der Waals surface area contributed by atoms with Crippen molar-refractivity contribution in [2.45, 2.75) is 26.3 Å². The molecule has 1 amide bonds. The molecule has 0 aliphatic heterocycles. The van der Waals surface area contributed by atoms with Gasteiger partial charge in [0, 0.05) is 19.5 Å². The molecule has 0 bridgehead atoms. The largest absolute Gasteiger partial charge is 0.313 e. The molecule has 0 fully saturated rings. The van der Waals surface area contributed by atoms with E-state index in [0.29, 0.717) is 6.42 Å². The van der Waals surface area contributed by atoms with Crippen LogP contribution in [0.1, 0.15) is 31.9 Å². The van der Waals surface area contributed by atoms with Gasteiger partial charge in [-0.25, -0.2) is 5.06 Å². The fourth-order valence-corrected chi connectivity index (χ4v) is 1.48. The van der Waals surface area contributed by atoms with Crippen molar-refractivity contribution in [3.63, 3.8) is 0 Å². The summed E-state index contributed by atoms with van der Waals surface area (Å²) in [5, 5.41) is 4.37. The number of amides is 1. The molecule has 0 spiro atoms. The Morgan fingerprint density at radius 3 is 2.33 bits per heavy atom. The SMILES string of the molecule is CC.CN[C@@H](CC(=O)N(C)OC)c1ccccc1. The van der Waals surface area contributed by atoms with Gasteiger partial charge in [0.1, 0.15) is 0 Å². The Morgan fingerprint density at radius 2 is 1.89 bits per heavy atom. The molecule has 18 heavy (non-hydrogen) atoms. The summed E-state index contributed by atoms with van der Waals surface area (Å²) in [6.07, 6.45) is 0.380. The summed E-state index contributed by atoms with van der Waals surface area (Å²) in [5.41, 5.74) is 1.10. The Morgan fingerprint density at radius 1 is 1.33 bits per heavy atom. The van der Waals surface area contributed by atoms with Crippen molar-refractivity contribution in [1.29, 1.82) is 0 Å². The van der Waals surface area contributed by atoms with E-state index in [1.165, 1.54) is 12.2 Å². The van der Waals surface area contributed by atoms with E-state index in [2.05, 4.69) is 5.32 Å². The van der Waals surface area contributed by atoms with Gasteiger partial charge in [-0.2, -0.15) is 0 Å². The lowest BCUT2D eigenvalue weighted by molar-refractivity contribution is -0.169. The van der Waals surface area contributed by atoms with E-state index in [1.54, 1.807) is 7.05 Å². The van der Waals surface area contributed by atoms with Crippen LogP contribution < -0.4 is 5.32 Å². The Balaban J connectivity index is 0.00000137. The van der Waals surface area contributed by atoms with Crippen LogP contribution in [0.25, 0.3) is 0 Å². The van der Waals surface area contributed by atoms with Crippen molar-refractivity contribution in [2.24, 2.45) is 0 Å². The summed E-state index contributed by atoms with van der Waals surface area (Å²) in [4.78, 5) is 16.5. The van der Waals surface area contributed by atoms with Crippen molar-refractivity contribution in [3.05, 3.63) is 35.9 Å². The number of rotatable bonds is 5. The number of benzene rings is 1. The molecule has 0 saturated heterocycles. The summed E-state index contributed by atoms with van der Waals surface area (Å²) in [6, 6.07) is 9.90. The van der Waals surface area contributed by atoms with Gasteiger partial charge in [-0.3, -0.25) is 9.63 Å². The molecule has 0 unspecified atom stereocenters. The van der Waals surface area contributed by atoms with Gasteiger partial charge < -0.3 is 5.32 Å². The first-order valence-electron chi connectivity index (χ1n) is 6.22. The Hall–Kier alpha value is -1.39. The third kappa shape index (κ3) is 5.29. The molecule has 102 valence electrons. The molecule has 0 radical (unpaired) electrons. The van der Waals surface area contributed by atoms with Crippen LogP contribution in [0.2, 0.25) is 0 Å². The van der Waals surface area contributed by atoms with Gasteiger partial charge in [0.15, 0.2) is 0 Å². The van der Waals surface area contributed by atoms with E-state index in [0.717, 1.165) is 5.56 Å². The molecule has 1 aromatic rings. The van der Waals surface area contributed by atoms with Gasteiger partial charge >= 0.3 is 0 Å². The number of nitrogens with one attached hydrogen (secondary N) is 1. The standard InChI is InChI=1S/C12H18N2O2.C2H6/c1-13-11(9-12(15)14(2)16-3)10-7-5-4-6-8-10;1-2/h4-8,11,13H,9H2,1-3H3;1-2H3/t11-;/m0./s1. The van der Waals surface area contributed by atoms with Crippen LogP contribution in [0.4, 0.5) is 0 Å². The molecule has 0 aliphatic carbocycles. The van der Waals surface area contributed by atoms with E-state index in [-0.39, 0.29) is 11.9 Å². The van der Waals surface area contributed by atoms with Crippen LogP contribution in [-0.4, -0.2) is 32.2 Å². The number of carbonyl (C=O) groups is 1. The number of carbonyl (C=O) groups excluding carboxylic acids is 1. The van der Waals surface area contributed by atoms with Crippen molar-refractivity contribution in [3.8, 4) is 0 Å². The van der Waals surface area contributed by atoms with Crippen LogP contribution >= 0.6 is 0 Å². The molecule has 0 heterocycles. The van der Waals surface area contributed by atoms with E-state index in [9.17, 15) is 4.79 Å². The number of hydrogen-bond acceptors (Lipinski definition) is 3. The maximum Gasteiger partial charge on any atom is 0.247 e. The topological polar surface area (TPSA) is 41.6 Å². The average Bonchev–Trinajstić information content (AvgIpc) is 2.46. The highest BCUT2D eigenvalue weighted by atomic mass is 16.7. The smallest absolute Gasteiger partial charge is 0.247 e. The van der Waals surface area contributed by atoms with Crippen LogP contribution in [0.3, 0.4) is 0 Å². The third-order valence-electron chi connectivity index (χ3n) is 2.55. The van der Waals surface area contributed by atoms with Crippen LogP contribution in [0.15, 0.2) is 30.3 Å². The molecule has 0 aliphatic rings. The van der Waals surface area contributed by atoms with E-state index < -0.39 is 0 Å². The maximum absolute atomic E-state index is 11.7. The second kappa shape index (κ2) is 9.62. The van der Waals surface area contributed by atoms with Gasteiger partial charge in [0.25, 0.3) is 0 Å². The second-order valence-electron chi connectivity index (χ2n) is 3.53. The zero-order valence-electron chi connectivity index (χ0n) is 11.9. The quantitative estimate of drug-likeness (QED) is 0.818. The normalized spacial score (nSPS) is 11.2. The molecule has 4 nitrogen and oxygen atoms in total. The van der Waals surface area contributed by atoms with Gasteiger partial charge in [0.05, 0.1) is 7.11 Å². The minimum absolute atomic E-state index is 0.0197. The van der Waals surface area contributed by atoms with Gasteiger partial charge in [-0.15, -0.1) is 0 Å². The molecular weight excluding hydrogens is 228 g/mol. The highest BCUT2D eigenvalue weighted by Crippen LogP contribution is 2.16. The molecule has 1 atom stereocenters. The van der Waals surface area contributed by atoms with Crippen LogP contribution in [-0.2, 0) is 9.63 Å². The van der Waals surface area contributed by atoms with Crippen molar-refractivity contribution in [1.82, 2.24) is 10.4 Å². The predicted octanol–water partition coefficient (Wildman–Crippen LogP) is 2.38. The highest BCUT2D eigenvalue weighted by Gasteiger charge is 2.16. The summed E-state index contributed by atoms with van der Waals surface area (Å²) in [5.74, 6) is -0.0503. The lowest BCUT2D eigenvalue weighted by Gasteiger charge is -2.19. The second-order valence-corrected chi connectivity index (χ2v) is 3.53. The van der Waals surface area contributed by atoms with E-state index >= 15 is 0 Å². The van der Waals surface area contributed by atoms with Gasteiger partial charge in [-0.1, -0.05) is 44.2 Å². The first-order chi connectivity index (χ1) is 8.69. The van der Waals surface area contributed by atoms with Crippen molar-refractivity contribution < 1.29 is 9.63 Å². The summed E-state index contributed by atoms with van der Waals surface area (Å²) in [6.45, 7) is 4.00. The number of nitrogens with zero attached hydrogens (tertiary/aromatic N) is 1. The van der Waals surface area contributed by atoms with Crippen LogP contribution in [0, 0.1) is 0 Å². The lowest BCUT2D eigenvalue weighted by atomic mass is 10.0. The fraction of sp³-hybridized carbons (Fsp3) is 0.500. The number of hydroxylamine groups is 2. The summed E-state index contributed by atoms with van der Waals surface area (Å²) in [7, 11) is 4.94. The Labute approximate surface area is 110 Å². The Bertz CT molecular complexity index is 328. The summed E-state index contributed by atoms with van der Waals surface area (Å²) < 4.78 is 0. The molecular formula is C14H24N2O2. The first-order valence-corrected chi connectivity index (χ1v) is 6.22. The van der Waals surface area contributed by atoms with Gasteiger partial charge in [-0.05, 0) is 12.6 Å². The van der Waals surface area contributed by atoms with Gasteiger partial charge in [0.2, 0.25) is 5.91 Å². The molecule has 1 rings (SSSR count). The van der Waals surface area contributed by atoms with E-state index in [1.807, 2.05) is 51.2 Å². The van der Waals surface area contributed by atoms with Crippen molar-refractivity contribution >= 4 is 5.91 Å². The average molecular weight is 252 g/mol. The van der Waals surface area contributed by atoms with Crippen LogP contribution in [0.5, 0.6) is 0 Å². The van der Waals surface area contributed by atoms with E-state index in [4.69, 9.17) is 4.84 Å². The predicted molar refractivity (Wildman–Crippen MR) is 74.0 cm³/mol. The number of hydrogen-bond donors (Lipinski definition) is 1. The minimum atomic E-state index is -0.0503. The minimum Gasteiger partial charge on any atom is -0.313 e. The molecule has 1 N–H and O–H groups in total. The Kier molecular flexibility index (Phi) is 8.88. The van der Waals surface area contributed by atoms with Crippen molar-refractivity contribution in [2.75, 3.05) is 21.2 Å². The molecule has 1 aromatic carbocycles. The zero-order chi connectivity index (χ0) is 14.0. The monoisotopic (exact) mass is 252 g/mol. The summed E-state index contributed by atoms with van der Waals surface area (Å²) >= 11 is 0. The maximum atomic E-state index is 11.7. The highest BCUT2D eigenvalue weighted by molar-refractivity contribution is 5.75. The molecule has 0 saturated carbocycles. The zero-order valence-corrected chi connectivity index (χ0v) is 11.9. The first kappa shape index (κ1) is 16.6. The molecule has 0 aromatic heterocycles. The lowest BCUT2D eigenvalue weighted by Crippen LogP contribution is -2.30. The third-order valence-corrected chi connectivity index (χ3v) is 2.55. The fourth-order valence-electron chi connectivity index (χ4n) is 1.48.